The van der Waals surface area contributed by atoms with Gasteiger partial charge in [0.05, 0.1) is 24.5 Å². The van der Waals surface area contributed by atoms with Gasteiger partial charge in [-0.05, 0) is 24.7 Å². The van der Waals surface area contributed by atoms with E-state index in [1.807, 2.05) is 27.7 Å². The van der Waals surface area contributed by atoms with E-state index in [0.29, 0.717) is 0 Å². The van der Waals surface area contributed by atoms with Gasteiger partial charge in [-0.15, -0.1) is 0 Å². The molecule has 5 atom stereocenters. The molecule has 8 nitrogen and oxygen atoms in total. The molecule has 8 heteroatoms. The van der Waals surface area contributed by atoms with E-state index in [0.717, 1.165) is 0 Å². The van der Waals surface area contributed by atoms with E-state index in [9.17, 15) is 19.2 Å². The molecule has 0 amide bonds. The van der Waals surface area contributed by atoms with Crippen molar-refractivity contribution in [1.29, 1.82) is 0 Å². The van der Waals surface area contributed by atoms with Crippen molar-refractivity contribution in [3.63, 3.8) is 0 Å². The van der Waals surface area contributed by atoms with Crippen molar-refractivity contribution in [1.82, 2.24) is 0 Å². The van der Waals surface area contributed by atoms with Crippen LogP contribution in [0.1, 0.15) is 67.2 Å². The molecule has 2 aliphatic heterocycles. The second-order valence-corrected chi connectivity index (χ2v) is 11.8. The average Bonchev–Trinajstić information content (AvgIpc) is 2.63. The number of carbonyl (C=O) groups excluding carboxylic acids is 4. The summed E-state index contributed by atoms with van der Waals surface area (Å²) < 4.78 is 23.6. The zero-order valence-corrected chi connectivity index (χ0v) is 20.4. The smallest absolute Gasteiger partial charge is 0.155 e. The van der Waals surface area contributed by atoms with Crippen LogP contribution in [0, 0.1) is 28.6 Å². The third-order valence-corrected chi connectivity index (χ3v) is 7.40. The van der Waals surface area contributed by atoms with Gasteiger partial charge < -0.3 is 18.9 Å². The van der Waals surface area contributed by atoms with Crippen molar-refractivity contribution in [2.45, 2.75) is 98.1 Å². The molecule has 2 saturated heterocycles. The Morgan fingerprint density at radius 2 is 1.15 bits per heavy atom. The number of hydrogen-bond donors (Lipinski definition) is 0. The molecule has 0 unspecified atom stereocenters. The van der Waals surface area contributed by atoms with E-state index in [2.05, 4.69) is 0 Å². The van der Waals surface area contributed by atoms with Gasteiger partial charge in [0.25, 0.3) is 0 Å². The van der Waals surface area contributed by atoms with Gasteiger partial charge in [0, 0.05) is 31.6 Å². The number of ether oxygens (including phenoxy) is 4. The molecular weight excluding hydrogens is 428 g/mol. The molecule has 2 saturated carbocycles. The fourth-order valence-corrected chi connectivity index (χ4v) is 6.21. The molecule has 0 bridgehead atoms. The van der Waals surface area contributed by atoms with Crippen molar-refractivity contribution < 1.29 is 38.1 Å². The number of ketones is 4. The highest BCUT2D eigenvalue weighted by atomic mass is 16.8. The summed E-state index contributed by atoms with van der Waals surface area (Å²) in [4.78, 5) is 53.6. The lowest BCUT2D eigenvalue weighted by Gasteiger charge is -2.50. The Hall–Kier alpha value is -1.48. The van der Waals surface area contributed by atoms with Gasteiger partial charge in [-0.1, -0.05) is 27.7 Å². The number of fused-ring (bicyclic) bond motifs is 1. The summed E-state index contributed by atoms with van der Waals surface area (Å²) >= 11 is 0. The molecule has 0 spiro atoms. The predicted octanol–water partition coefficient (Wildman–Crippen LogP) is 2.64. The summed E-state index contributed by atoms with van der Waals surface area (Å²) in [6, 6.07) is 0. The maximum absolute atomic E-state index is 13.4. The predicted molar refractivity (Wildman–Crippen MR) is 116 cm³/mol. The minimum absolute atomic E-state index is 0.216. The fourth-order valence-electron chi connectivity index (χ4n) is 6.21. The number of hydrogen-bond acceptors (Lipinski definition) is 8. The molecule has 0 aromatic carbocycles. The fraction of sp³-hybridized carbons (Fsp3) is 0.840. The Balaban J connectivity index is 1.77. The SMILES string of the molecule is C[C@@H]1O[C@@H]2CO[C@H](C)O[C@H]2[C@H](C(C2C(=O)CC(C)(C)CC2=O)C2C(=O)CC(C)(C)CC2=O)O1. The number of carbonyl (C=O) groups is 4. The molecule has 0 aromatic heterocycles. The van der Waals surface area contributed by atoms with Gasteiger partial charge in [0.2, 0.25) is 0 Å². The summed E-state index contributed by atoms with van der Waals surface area (Å²) in [6.45, 7) is 11.3. The van der Waals surface area contributed by atoms with Gasteiger partial charge in [-0.2, -0.15) is 0 Å². The first kappa shape index (κ1) is 24.6. The molecule has 2 heterocycles. The number of Topliss-reactive ketones (excluding diaryl/α,β-unsaturated/α-hetero) is 4. The largest absolute Gasteiger partial charge is 0.350 e. The lowest BCUT2D eigenvalue weighted by Crippen LogP contribution is -2.63. The van der Waals surface area contributed by atoms with Crippen LogP contribution in [0.2, 0.25) is 0 Å². The zero-order chi connectivity index (χ0) is 24.3. The van der Waals surface area contributed by atoms with Crippen molar-refractivity contribution >= 4 is 23.1 Å². The van der Waals surface area contributed by atoms with Crippen LogP contribution in [0.25, 0.3) is 0 Å². The summed E-state index contributed by atoms with van der Waals surface area (Å²) in [6.07, 6.45) is -2.28. The molecule has 0 radical (unpaired) electrons. The van der Waals surface area contributed by atoms with E-state index < -0.39 is 59.5 Å². The van der Waals surface area contributed by atoms with Crippen LogP contribution >= 0.6 is 0 Å². The highest BCUT2D eigenvalue weighted by Gasteiger charge is 2.58. The molecule has 0 aromatic rings. The van der Waals surface area contributed by atoms with E-state index in [1.54, 1.807) is 13.8 Å². The molecule has 2 aliphatic carbocycles. The van der Waals surface area contributed by atoms with Crippen LogP contribution in [0.3, 0.4) is 0 Å². The van der Waals surface area contributed by atoms with Crippen LogP contribution < -0.4 is 0 Å². The molecular formula is C25H36O8. The topological polar surface area (TPSA) is 105 Å². The van der Waals surface area contributed by atoms with Crippen molar-refractivity contribution in [2.75, 3.05) is 6.61 Å². The molecule has 4 fully saturated rings. The molecule has 33 heavy (non-hydrogen) atoms. The Kier molecular flexibility index (Phi) is 6.44. The highest BCUT2D eigenvalue weighted by Crippen LogP contribution is 2.47. The first-order chi connectivity index (χ1) is 15.3. The third-order valence-electron chi connectivity index (χ3n) is 7.40. The Bertz CT molecular complexity index is 757. The normalized spacial score (nSPS) is 38.0. The van der Waals surface area contributed by atoms with Crippen LogP contribution in [0.5, 0.6) is 0 Å². The summed E-state index contributed by atoms with van der Waals surface area (Å²) in [7, 11) is 0. The maximum Gasteiger partial charge on any atom is 0.155 e. The summed E-state index contributed by atoms with van der Waals surface area (Å²) in [5.41, 5.74) is -0.901. The number of rotatable bonds is 3. The lowest BCUT2D eigenvalue weighted by molar-refractivity contribution is -0.359. The van der Waals surface area contributed by atoms with Crippen molar-refractivity contribution in [3.8, 4) is 0 Å². The van der Waals surface area contributed by atoms with Crippen LogP contribution in [0.4, 0.5) is 0 Å². The van der Waals surface area contributed by atoms with Crippen molar-refractivity contribution in [2.24, 2.45) is 28.6 Å². The summed E-state index contributed by atoms with van der Waals surface area (Å²) in [5, 5.41) is 0. The molecule has 0 N–H and O–H groups in total. The average molecular weight is 465 g/mol. The van der Waals surface area contributed by atoms with E-state index >= 15 is 0 Å². The van der Waals surface area contributed by atoms with Gasteiger partial charge in [-0.25, -0.2) is 0 Å². The Morgan fingerprint density at radius 1 is 0.697 bits per heavy atom. The minimum Gasteiger partial charge on any atom is -0.350 e. The van der Waals surface area contributed by atoms with Crippen LogP contribution in [-0.2, 0) is 38.1 Å². The zero-order valence-electron chi connectivity index (χ0n) is 20.4. The van der Waals surface area contributed by atoms with Gasteiger partial charge in [0.1, 0.15) is 35.3 Å². The van der Waals surface area contributed by atoms with Crippen LogP contribution in [0.15, 0.2) is 0 Å². The van der Waals surface area contributed by atoms with Gasteiger partial charge in [0.15, 0.2) is 12.6 Å². The lowest BCUT2D eigenvalue weighted by atomic mass is 9.59. The Morgan fingerprint density at radius 3 is 1.61 bits per heavy atom. The van der Waals surface area contributed by atoms with Gasteiger partial charge in [-0.3, -0.25) is 19.2 Å². The maximum atomic E-state index is 13.4. The standard InChI is InChI=1S/C25H36O8/c1-12-30-11-18-22(32-12)23(33-13(2)31-18)21(19-14(26)7-24(3,4)8-15(19)27)20-16(28)9-25(5,6)10-17(20)29/h12-13,18-23H,7-11H2,1-6H3/t12-,13+,18+,22+,23-/m0/s1. The quantitative estimate of drug-likeness (QED) is 0.587. The Labute approximate surface area is 195 Å². The van der Waals surface area contributed by atoms with E-state index in [4.69, 9.17) is 18.9 Å². The van der Waals surface area contributed by atoms with Crippen LogP contribution in [-0.4, -0.2) is 60.6 Å². The second-order valence-electron chi connectivity index (χ2n) is 11.8. The second kappa shape index (κ2) is 8.63. The first-order valence-electron chi connectivity index (χ1n) is 12.0. The van der Waals surface area contributed by atoms with E-state index in [-0.39, 0.29) is 55.4 Å². The van der Waals surface area contributed by atoms with E-state index in [1.165, 1.54) is 0 Å². The monoisotopic (exact) mass is 464 g/mol. The van der Waals surface area contributed by atoms with Gasteiger partial charge >= 0.3 is 0 Å². The van der Waals surface area contributed by atoms with Crippen molar-refractivity contribution in [3.05, 3.63) is 0 Å². The molecule has 4 rings (SSSR count). The highest BCUT2D eigenvalue weighted by molar-refractivity contribution is 6.10. The molecule has 184 valence electrons. The summed E-state index contributed by atoms with van der Waals surface area (Å²) in [5.74, 6) is -3.99. The third kappa shape index (κ3) is 4.85. The first-order valence-corrected chi connectivity index (χ1v) is 12.0. The molecule has 4 aliphatic rings. The minimum atomic E-state index is -1.07.